The minimum absolute atomic E-state index is 0.0927. The lowest BCUT2D eigenvalue weighted by Crippen LogP contribution is -2.99. The van der Waals surface area contributed by atoms with Gasteiger partial charge in [-0.25, -0.2) is 10.2 Å². The molecule has 0 radical (unpaired) electrons. The third kappa shape index (κ3) is 3.31. The lowest BCUT2D eigenvalue weighted by molar-refractivity contribution is -0.990. The Hall–Kier alpha value is -2.94. The quantitative estimate of drug-likeness (QED) is 0.397. The van der Waals surface area contributed by atoms with Gasteiger partial charge in [-0.3, -0.25) is 4.79 Å². The van der Waals surface area contributed by atoms with Crippen molar-refractivity contribution in [3.8, 4) is 5.75 Å². The van der Waals surface area contributed by atoms with Crippen LogP contribution in [0.5, 0.6) is 5.75 Å². The van der Waals surface area contributed by atoms with Gasteiger partial charge in [0.05, 0.1) is 35.6 Å². The van der Waals surface area contributed by atoms with E-state index >= 15 is 0 Å². The van der Waals surface area contributed by atoms with Crippen molar-refractivity contribution in [3.63, 3.8) is 0 Å². The SMILES string of the molecule is COc1ccc2nc3cccc([NH+]([O-])O)c3c(NCCC(=O)O)c2c1. The Labute approximate surface area is 142 Å². The minimum Gasteiger partial charge on any atom is -0.595 e. The second-order valence-electron chi connectivity index (χ2n) is 5.45. The molecule has 130 valence electrons. The number of benzene rings is 2. The molecule has 0 aliphatic heterocycles. The van der Waals surface area contributed by atoms with Crippen LogP contribution in [-0.4, -0.2) is 34.9 Å². The highest BCUT2D eigenvalue weighted by Crippen LogP contribution is 2.35. The Kier molecular flexibility index (Phi) is 4.66. The van der Waals surface area contributed by atoms with Gasteiger partial charge < -0.3 is 20.4 Å². The molecule has 1 heterocycles. The van der Waals surface area contributed by atoms with Crippen molar-refractivity contribution in [1.29, 1.82) is 0 Å². The van der Waals surface area contributed by atoms with Gasteiger partial charge in [0.15, 0.2) is 5.69 Å². The molecule has 25 heavy (non-hydrogen) atoms. The monoisotopic (exact) mass is 343 g/mol. The zero-order chi connectivity index (χ0) is 18.0. The van der Waals surface area contributed by atoms with E-state index in [2.05, 4.69) is 10.3 Å². The molecule has 0 aliphatic carbocycles. The topological polar surface area (TPSA) is 119 Å². The highest BCUT2D eigenvalue weighted by Gasteiger charge is 2.17. The molecule has 0 amide bonds. The second kappa shape index (κ2) is 6.89. The average Bonchev–Trinajstić information content (AvgIpc) is 2.59. The highest BCUT2D eigenvalue weighted by atomic mass is 16.8. The molecule has 0 fully saturated rings. The fourth-order valence-corrected chi connectivity index (χ4v) is 2.76. The largest absolute Gasteiger partial charge is 0.595 e. The molecule has 0 saturated heterocycles. The van der Waals surface area contributed by atoms with E-state index in [1.807, 2.05) is 0 Å². The molecule has 8 nitrogen and oxygen atoms in total. The van der Waals surface area contributed by atoms with Crippen molar-refractivity contribution >= 4 is 39.1 Å². The number of rotatable bonds is 6. The first-order chi connectivity index (χ1) is 12.0. The summed E-state index contributed by atoms with van der Waals surface area (Å²) in [7, 11) is 1.54. The minimum atomic E-state index is -1.07. The molecule has 3 aromatic rings. The fraction of sp³-hybridized carbons (Fsp3) is 0.176. The van der Waals surface area contributed by atoms with E-state index in [9.17, 15) is 15.2 Å². The molecule has 3 rings (SSSR count). The first-order valence-electron chi connectivity index (χ1n) is 7.60. The van der Waals surface area contributed by atoms with Crippen LogP contribution in [0.4, 0.5) is 11.4 Å². The average molecular weight is 343 g/mol. The number of aromatic nitrogens is 1. The van der Waals surface area contributed by atoms with Crippen LogP contribution < -0.4 is 15.3 Å². The van der Waals surface area contributed by atoms with Gasteiger partial charge in [-0.05, 0) is 24.3 Å². The summed E-state index contributed by atoms with van der Waals surface area (Å²) >= 11 is 0. The summed E-state index contributed by atoms with van der Waals surface area (Å²) in [6.07, 6.45) is -0.0927. The van der Waals surface area contributed by atoms with Crippen LogP contribution >= 0.6 is 0 Å². The molecule has 2 aromatic carbocycles. The van der Waals surface area contributed by atoms with Crippen molar-refractivity contribution in [1.82, 2.24) is 4.98 Å². The van der Waals surface area contributed by atoms with Crippen LogP contribution in [0.25, 0.3) is 21.8 Å². The van der Waals surface area contributed by atoms with Crippen LogP contribution in [0.1, 0.15) is 6.42 Å². The number of nitrogens with zero attached hydrogens (tertiary/aromatic N) is 1. The zero-order valence-electron chi connectivity index (χ0n) is 13.4. The number of quaternary nitrogens is 1. The molecule has 8 heteroatoms. The third-order valence-corrected chi connectivity index (χ3v) is 3.88. The summed E-state index contributed by atoms with van der Waals surface area (Å²) in [5.41, 5.74) is 1.83. The summed E-state index contributed by atoms with van der Waals surface area (Å²) in [5, 5.41) is 33.1. The molecule has 1 aromatic heterocycles. The van der Waals surface area contributed by atoms with Crippen molar-refractivity contribution in [2.45, 2.75) is 6.42 Å². The van der Waals surface area contributed by atoms with Crippen molar-refractivity contribution in [2.75, 3.05) is 19.0 Å². The van der Waals surface area contributed by atoms with E-state index in [1.54, 1.807) is 30.3 Å². The third-order valence-electron chi connectivity index (χ3n) is 3.88. The number of fused-ring (bicyclic) bond motifs is 2. The first-order valence-corrected chi connectivity index (χ1v) is 7.60. The van der Waals surface area contributed by atoms with Crippen LogP contribution in [0.2, 0.25) is 0 Å². The molecule has 0 saturated carbocycles. The molecule has 1 unspecified atom stereocenters. The van der Waals surface area contributed by atoms with E-state index < -0.39 is 11.2 Å². The Bertz CT molecular complexity index is 942. The summed E-state index contributed by atoms with van der Waals surface area (Å²) in [6.45, 7) is 0.161. The van der Waals surface area contributed by atoms with Crippen LogP contribution in [0, 0.1) is 5.21 Å². The van der Waals surface area contributed by atoms with Crippen LogP contribution in [0.15, 0.2) is 36.4 Å². The maximum absolute atomic E-state index is 11.6. The summed E-state index contributed by atoms with van der Waals surface area (Å²) < 4.78 is 5.24. The lowest BCUT2D eigenvalue weighted by atomic mass is 10.1. The molecule has 4 N–H and O–H groups in total. The fourth-order valence-electron chi connectivity index (χ4n) is 2.76. The number of ether oxygens (including phenoxy) is 1. The highest BCUT2D eigenvalue weighted by molar-refractivity contribution is 6.11. The Morgan fingerprint density at radius 2 is 2.12 bits per heavy atom. The van der Waals surface area contributed by atoms with E-state index in [0.717, 1.165) is 0 Å². The predicted octanol–water partition coefficient (Wildman–Crippen LogP) is 1.69. The zero-order valence-corrected chi connectivity index (χ0v) is 13.4. The number of carbonyl (C=O) groups is 1. The maximum Gasteiger partial charge on any atom is 0.305 e. The number of carboxylic acid groups (broad SMARTS) is 1. The first kappa shape index (κ1) is 16.9. The normalized spacial score (nSPS) is 12.3. The van der Waals surface area contributed by atoms with Gasteiger partial charge in [-0.1, -0.05) is 6.07 Å². The standard InChI is InChI=1S/C17H17N3O5/c1-25-10-5-6-12-11(9-10)17(18-8-7-15(21)22)16-13(19-12)3-2-4-14(16)20(23)24/h2-6,9,20,23H,7-8H2,1H3,(H,18,19)(H,21,22). The number of anilines is 1. The van der Waals surface area contributed by atoms with E-state index in [4.69, 9.17) is 9.84 Å². The van der Waals surface area contributed by atoms with Crippen LogP contribution in [-0.2, 0) is 4.79 Å². The maximum atomic E-state index is 11.6. The van der Waals surface area contributed by atoms with Gasteiger partial charge in [0.1, 0.15) is 5.75 Å². The summed E-state index contributed by atoms with van der Waals surface area (Å²) in [5.74, 6) is -0.339. The summed E-state index contributed by atoms with van der Waals surface area (Å²) in [6, 6.07) is 10.2. The lowest BCUT2D eigenvalue weighted by Gasteiger charge is -2.18. The summed E-state index contributed by atoms with van der Waals surface area (Å²) in [4.78, 5) is 15.4. The van der Waals surface area contributed by atoms with Crippen molar-refractivity contribution < 1.29 is 25.1 Å². The van der Waals surface area contributed by atoms with E-state index in [1.165, 1.54) is 13.2 Å². The van der Waals surface area contributed by atoms with E-state index in [-0.39, 0.29) is 18.7 Å². The number of hydrogen-bond acceptors (Lipinski definition) is 6. The smallest absolute Gasteiger partial charge is 0.305 e. The van der Waals surface area contributed by atoms with Gasteiger partial charge in [-0.15, -0.1) is 0 Å². The van der Waals surface area contributed by atoms with Crippen molar-refractivity contribution in [3.05, 3.63) is 41.6 Å². The molecule has 0 bridgehead atoms. The van der Waals surface area contributed by atoms with Gasteiger partial charge in [0.25, 0.3) is 0 Å². The number of aliphatic carboxylic acids is 1. The Morgan fingerprint density at radius 1 is 1.32 bits per heavy atom. The molecule has 1 atom stereocenters. The number of carboxylic acids is 1. The molecular weight excluding hydrogens is 326 g/mol. The van der Waals surface area contributed by atoms with Crippen LogP contribution in [0.3, 0.4) is 0 Å². The molecule has 0 aliphatic rings. The molecular formula is C17H17N3O5. The van der Waals surface area contributed by atoms with Gasteiger partial charge in [-0.2, -0.15) is 5.23 Å². The number of nitrogens with one attached hydrogen (secondary N) is 2. The van der Waals surface area contributed by atoms with Gasteiger partial charge in [0, 0.05) is 18.0 Å². The second-order valence-corrected chi connectivity index (χ2v) is 5.45. The Balaban J connectivity index is 2.29. The van der Waals surface area contributed by atoms with E-state index in [0.29, 0.717) is 33.2 Å². The van der Waals surface area contributed by atoms with Gasteiger partial charge in [0.2, 0.25) is 0 Å². The Morgan fingerprint density at radius 3 is 2.80 bits per heavy atom. The number of hydrogen-bond donors (Lipinski definition) is 4. The number of pyridine rings is 1. The molecule has 0 spiro atoms. The predicted molar refractivity (Wildman–Crippen MR) is 92.3 cm³/mol. The van der Waals surface area contributed by atoms with Gasteiger partial charge >= 0.3 is 5.97 Å². The number of methoxy groups -OCH3 is 1. The van der Waals surface area contributed by atoms with Crippen molar-refractivity contribution in [2.24, 2.45) is 0 Å².